The van der Waals surface area contributed by atoms with Crippen LogP contribution in [0.3, 0.4) is 0 Å². The van der Waals surface area contributed by atoms with Crippen molar-refractivity contribution in [1.29, 1.82) is 0 Å². The van der Waals surface area contributed by atoms with Gasteiger partial charge in [0.25, 0.3) is 0 Å². The molecule has 1 aromatic rings. The van der Waals surface area contributed by atoms with Gasteiger partial charge in [-0.2, -0.15) is 0 Å². The van der Waals surface area contributed by atoms with Crippen molar-refractivity contribution in [2.45, 2.75) is 19.9 Å². The first-order chi connectivity index (χ1) is 11.7. The van der Waals surface area contributed by atoms with Crippen molar-refractivity contribution in [2.24, 2.45) is 5.92 Å². The zero-order valence-corrected chi connectivity index (χ0v) is 14.9. The fourth-order valence-electron chi connectivity index (χ4n) is 3.83. The Morgan fingerprint density at radius 3 is 2.58 bits per heavy atom. The van der Waals surface area contributed by atoms with E-state index in [0.717, 1.165) is 58.8 Å². The molecule has 24 heavy (non-hydrogen) atoms. The van der Waals surface area contributed by atoms with E-state index >= 15 is 0 Å². The van der Waals surface area contributed by atoms with Crippen LogP contribution in [0.5, 0.6) is 0 Å². The van der Waals surface area contributed by atoms with Gasteiger partial charge in [-0.25, -0.2) is 0 Å². The van der Waals surface area contributed by atoms with Crippen LogP contribution < -0.4 is 4.90 Å². The molecular weight excluding hydrogens is 302 g/mol. The molecule has 5 nitrogen and oxygen atoms in total. The average molecular weight is 331 g/mol. The number of piperazine rings is 1. The second-order valence-corrected chi connectivity index (χ2v) is 6.79. The van der Waals surface area contributed by atoms with E-state index < -0.39 is 0 Å². The molecule has 5 heteroatoms. The molecule has 0 unspecified atom stereocenters. The van der Waals surface area contributed by atoms with Crippen LogP contribution in [-0.4, -0.2) is 68.7 Å². The quantitative estimate of drug-likeness (QED) is 0.769. The molecule has 2 aliphatic heterocycles. The van der Waals surface area contributed by atoms with E-state index in [-0.39, 0.29) is 11.9 Å². The number of esters is 1. The molecule has 2 heterocycles. The monoisotopic (exact) mass is 331 g/mol. The second kappa shape index (κ2) is 7.99. The lowest BCUT2D eigenvalue weighted by atomic mass is 10.1. The van der Waals surface area contributed by atoms with Gasteiger partial charge >= 0.3 is 5.97 Å². The van der Waals surface area contributed by atoms with Gasteiger partial charge in [0.2, 0.25) is 0 Å². The third kappa shape index (κ3) is 3.90. The third-order valence-corrected chi connectivity index (χ3v) is 5.35. The Hall–Kier alpha value is -1.59. The number of anilines is 1. The van der Waals surface area contributed by atoms with Crippen LogP contribution in [-0.2, 0) is 16.1 Å². The summed E-state index contributed by atoms with van der Waals surface area (Å²) >= 11 is 0. The van der Waals surface area contributed by atoms with Gasteiger partial charge in [-0.3, -0.25) is 9.69 Å². The molecule has 2 saturated heterocycles. The van der Waals surface area contributed by atoms with Crippen LogP contribution in [0.25, 0.3) is 0 Å². The van der Waals surface area contributed by atoms with Crippen LogP contribution in [0.15, 0.2) is 24.3 Å². The first-order valence-electron chi connectivity index (χ1n) is 9.06. The highest BCUT2D eigenvalue weighted by Gasteiger charge is 2.29. The maximum absolute atomic E-state index is 11.7. The smallest absolute Gasteiger partial charge is 0.310 e. The number of hydrogen-bond donors (Lipinski definition) is 0. The maximum Gasteiger partial charge on any atom is 0.310 e. The molecule has 2 fully saturated rings. The zero-order chi connectivity index (χ0) is 16.9. The van der Waals surface area contributed by atoms with Crippen molar-refractivity contribution in [3.05, 3.63) is 29.8 Å². The summed E-state index contributed by atoms with van der Waals surface area (Å²) < 4.78 is 4.89. The highest BCUT2D eigenvalue weighted by molar-refractivity contribution is 5.72. The molecule has 132 valence electrons. The molecule has 0 aromatic heterocycles. The van der Waals surface area contributed by atoms with E-state index in [4.69, 9.17) is 4.74 Å². The SMILES string of the molecule is CCN1CCN(c2ccccc2CN2CC[C@H](C(=O)OC)C2)CC1. The molecule has 1 atom stereocenters. The molecule has 0 aliphatic carbocycles. The normalized spacial score (nSPS) is 22.8. The van der Waals surface area contributed by atoms with Crippen molar-refractivity contribution in [3.8, 4) is 0 Å². The van der Waals surface area contributed by atoms with Gasteiger partial charge < -0.3 is 14.5 Å². The summed E-state index contributed by atoms with van der Waals surface area (Å²) in [6, 6.07) is 8.72. The molecule has 0 amide bonds. The summed E-state index contributed by atoms with van der Waals surface area (Å²) in [5.41, 5.74) is 2.72. The van der Waals surface area contributed by atoms with Gasteiger partial charge in [-0.05, 0) is 31.1 Å². The molecule has 1 aromatic carbocycles. The second-order valence-electron chi connectivity index (χ2n) is 6.79. The van der Waals surface area contributed by atoms with Crippen LogP contribution in [0.4, 0.5) is 5.69 Å². The lowest BCUT2D eigenvalue weighted by Gasteiger charge is -2.36. The Kier molecular flexibility index (Phi) is 5.74. The summed E-state index contributed by atoms with van der Waals surface area (Å²) in [4.78, 5) is 19.1. The first-order valence-corrected chi connectivity index (χ1v) is 9.06. The van der Waals surface area contributed by atoms with E-state index in [9.17, 15) is 4.79 Å². The number of methoxy groups -OCH3 is 1. The molecule has 2 aliphatic rings. The van der Waals surface area contributed by atoms with Gasteiger partial charge in [-0.15, -0.1) is 0 Å². The largest absolute Gasteiger partial charge is 0.469 e. The molecule has 0 N–H and O–H groups in total. The van der Waals surface area contributed by atoms with E-state index in [2.05, 4.69) is 45.9 Å². The Morgan fingerprint density at radius 2 is 1.88 bits per heavy atom. The number of ether oxygens (including phenoxy) is 1. The van der Waals surface area contributed by atoms with Crippen LogP contribution >= 0.6 is 0 Å². The average Bonchev–Trinajstić information content (AvgIpc) is 3.10. The Bertz CT molecular complexity index is 555. The molecule has 0 bridgehead atoms. The number of hydrogen-bond acceptors (Lipinski definition) is 5. The number of nitrogens with zero attached hydrogens (tertiary/aromatic N) is 3. The van der Waals surface area contributed by atoms with Crippen molar-refractivity contribution < 1.29 is 9.53 Å². The predicted molar refractivity (Wildman–Crippen MR) is 96.2 cm³/mol. The molecule has 0 spiro atoms. The van der Waals surface area contributed by atoms with E-state index in [1.165, 1.54) is 18.4 Å². The summed E-state index contributed by atoms with van der Waals surface area (Å²) in [5.74, 6) is -0.0308. The summed E-state index contributed by atoms with van der Waals surface area (Å²) in [6.07, 6.45) is 0.907. The minimum atomic E-state index is -0.0681. The number of carbonyl (C=O) groups excluding carboxylic acids is 1. The van der Waals surface area contributed by atoms with Crippen LogP contribution in [0.2, 0.25) is 0 Å². The fraction of sp³-hybridized carbons (Fsp3) is 0.632. The lowest BCUT2D eigenvalue weighted by molar-refractivity contribution is -0.144. The van der Waals surface area contributed by atoms with Crippen molar-refractivity contribution in [2.75, 3.05) is 57.8 Å². The highest BCUT2D eigenvalue weighted by Crippen LogP contribution is 2.26. The Labute approximate surface area is 145 Å². The minimum Gasteiger partial charge on any atom is -0.469 e. The van der Waals surface area contributed by atoms with Gasteiger partial charge in [0, 0.05) is 45.0 Å². The van der Waals surface area contributed by atoms with Gasteiger partial charge in [-0.1, -0.05) is 25.1 Å². The van der Waals surface area contributed by atoms with Crippen LogP contribution in [0.1, 0.15) is 18.9 Å². The molecular formula is C19H29N3O2. The fourth-order valence-corrected chi connectivity index (χ4v) is 3.83. The van der Waals surface area contributed by atoms with E-state index in [0.29, 0.717) is 0 Å². The number of likely N-dealkylation sites (tertiary alicyclic amines) is 1. The van der Waals surface area contributed by atoms with Crippen molar-refractivity contribution in [3.63, 3.8) is 0 Å². The van der Waals surface area contributed by atoms with E-state index in [1.54, 1.807) is 0 Å². The minimum absolute atomic E-state index is 0.0373. The topological polar surface area (TPSA) is 36.0 Å². The zero-order valence-electron chi connectivity index (χ0n) is 14.9. The van der Waals surface area contributed by atoms with Crippen molar-refractivity contribution >= 4 is 11.7 Å². The number of para-hydroxylation sites is 1. The molecule has 0 radical (unpaired) electrons. The van der Waals surface area contributed by atoms with Gasteiger partial charge in [0.05, 0.1) is 13.0 Å². The molecule has 3 rings (SSSR count). The number of likely N-dealkylation sites (N-methyl/N-ethyl adjacent to an activating group) is 1. The summed E-state index contributed by atoms with van der Waals surface area (Å²) in [5, 5.41) is 0. The Balaban J connectivity index is 1.64. The summed E-state index contributed by atoms with van der Waals surface area (Å²) in [7, 11) is 1.48. The van der Waals surface area contributed by atoms with E-state index in [1.807, 2.05) is 0 Å². The molecule has 0 saturated carbocycles. The van der Waals surface area contributed by atoms with Gasteiger partial charge in [0.1, 0.15) is 0 Å². The highest BCUT2D eigenvalue weighted by atomic mass is 16.5. The lowest BCUT2D eigenvalue weighted by Crippen LogP contribution is -2.46. The first kappa shape index (κ1) is 17.2. The number of carbonyl (C=O) groups is 1. The summed E-state index contributed by atoms with van der Waals surface area (Å²) in [6.45, 7) is 10.5. The Morgan fingerprint density at radius 1 is 1.12 bits per heavy atom. The standard InChI is InChI=1S/C19H29N3O2/c1-3-20-10-12-22(13-11-20)18-7-5-4-6-16(18)14-21-9-8-17(15-21)19(23)24-2/h4-7,17H,3,8-15H2,1-2H3/t17-/m0/s1. The maximum atomic E-state index is 11.7. The predicted octanol–water partition coefficient (Wildman–Crippen LogP) is 1.82. The number of rotatable bonds is 5. The number of benzene rings is 1. The van der Waals surface area contributed by atoms with Gasteiger partial charge in [0.15, 0.2) is 0 Å². The van der Waals surface area contributed by atoms with Crippen molar-refractivity contribution in [1.82, 2.24) is 9.80 Å². The third-order valence-electron chi connectivity index (χ3n) is 5.35. The van der Waals surface area contributed by atoms with Crippen LogP contribution in [0, 0.1) is 5.92 Å².